The van der Waals surface area contributed by atoms with Gasteiger partial charge in [-0.2, -0.15) is 5.10 Å². The summed E-state index contributed by atoms with van der Waals surface area (Å²) in [6, 6.07) is 8.93. The van der Waals surface area contributed by atoms with Gasteiger partial charge in [0.2, 0.25) is 0 Å². The fourth-order valence-corrected chi connectivity index (χ4v) is 2.19. The second kappa shape index (κ2) is 6.91. The van der Waals surface area contributed by atoms with E-state index < -0.39 is 5.97 Å². The van der Waals surface area contributed by atoms with E-state index in [2.05, 4.69) is 10.1 Å². The molecule has 0 spiro atoms. The molecule has 0 saturated heterocycles. The zero-order valence-corrected chi connectivity index (χ0v) is 13.6. The summed E-state index contributed by atoms with van der Waals surface area (Å²) in [6.07, 6.45) is 1.67. The highest BCUT2D eigenvalue weighted by Crippen LogP contribution is 2.26. The van der Waals surface area contributed by atoms with Crippen molar-refractivity contribution < 1.29 is 14.6 Å². The molecule has 0 radical (unpaired) electrons. The van der Waals surface area contributed by atoms with Crippen LogP contribution in [0.15, 0.2) is 36.5 Å². The van der Waals surface area contributed by atoms with Crippen LogP contribution < -0.4 is 4.74 Å². The Hall–Kier alpha value is -2.89. The highest BCUT2D eigenvalue weighted by Gasteiger charge is 2.18. The minimum atomic E-state index is -1.08. The van der Waals surface area contributed by atoms with Crippen molar-refractivity contribution in [2.24, 2.45) is 0 Å². The third kappa shape index (κ3) is 3.15. The maximum absolute atomic E-state index is 11.4. The number of benzene rings is 1. The predicted octanol–water partition coefficient (Wildman–Crippen LogP) is 3.46. The van der Waals surface area contributed by atoms with Crippen molar-refractivity contribution in [2.45, 2.75) is 20.8 Å². The number of fused-ring (bicyclic) bond motifs is 1. The molecule has 0 fully saturated rings. The van der Waals surface area contributed by atoms with E-state index in [1.807, 2.05) is 32.9 Å². The van der Waals surface area contributed by atoms with E-state index in [-0.39, 0.29) is 5.69 Å². The van der Waals surface area contributed by atoms with Gasteiger partial charge < -0.3 is 9.84 Å². The van der Waals surface area contributed by atoms with Crippen molar-refractivity contribution in [3.63, 3.8) is 0 Å². The Bertz CT molecular complexity index is 840. The van der Waals surface area contributed by atoms with Gasteiger partial charge in [-0.1, -0.05) is 13.8 Å². The van der Waals surface area contributed by atoms with E-state index in [9.17, 15) is 9.90 Å². The molecule has 0 unspecified atom stereocenters. The fraction of sp³-hybridized carbons (Fsp3) is 0.235. The van der Waals surface area contributed by atoms with Crippen molar-refractivity contribution in [2.75, 3.05) is 7.11 Å². The molecule has 0 aliphatic carbocycles. The average molecular weight is 313 g/mol. The maximum atomic E-state index is 11.4. The van der Waals surface area contributed by atoms with Gasteiger partial charge in [0.05, 0.1) is 12.6 Å². The molecule has 120 valence electrons. The third-order valence-corrected chi connectivity index (χ3v) is 3.21. The normalized spacial score (nSPS) is 10.1. The number of hydrogen-bond acceptors (Lipinski definition) is 4. The molecule has 0 saturated carbocycles. The minimum Gasteiger partial charge on any atom is -0.497 e. The van der Waals surface area contributed by atoms with Crippen LogP contribution in [0.25, 0.3) is 16.7 Å². The molecule has 0 aliphatic heterocycles. The van der Waals surface area contributed by atoms with Crippen LogP contribution >= 0.6 is 0 Å². The van der Waals surface area contributed by atoms with E-state index in [4.69, 9.17) is 4.74 Å². The molecule has 6 heteroatoms. The Morgan fingerprint density at radius 3 is 2.57 bits per heavy atom. The molecule has 0 atom stereocenters. The van der Waals surface area contributed by atoms with Gasteiger partial charge in [0.25, 0.3) is 0 Å². The number of hydrogen-bond donors (Lipinski definition) is 1. The second-order valence-corrected chi connectivity index (χ2v) is 4.64. The van der Waals surface area contributed by atoms with E-state index in [0.29, 0.717) is 22.5 Å². The number of carboxylic acid groups (broad SMARTS) is 1. The monoisotopic (exact) mass is 313 g/mol. The molecule has 2 heterocycles. The Kier molecular flexibility index (Phi) is 4.95. The standard InChI is InChI=1S/C15H13N3O3.C2H6/c1-9-5-6-16-13(7-9)18-12-4-3-10(21-2)8-11(12)14(17-18)15(19)20;1-2/h3-8H,1-2H3,(H,19,20);1-2H3. The van der Waals surface area contributed by atoms with E-state index >= 15 is 0 Å². The van der Waals surface area contributed by atoms with Crippen molar-refractivity contribution in [3.8, 4) is 11.6 Å². The van der Waals surface area contributed by atoms with Crippen LogP contribution in [0.4, 0.5) is 0 Å². The number of aromatic carboxylic acids is 1. The number of aryl methyl sites for hydroxylation is 1. The molecular formula is C17H19N3O3. The molecule has 3 rings (SSSR count). The van der Waals surface area contributed by atoms with Crippen LogP contribution in [0.5, 0.6) is 5.75 Å². The number of carboxylic acids is 1. The molecule has 0 bridgehead atoms. The second-order valence-electron chi connectivity index (χ2n) is 4.64. The quantitative estimate of drug-likeness (QED) is 0.801. The van der Waals surface area contributed by atoms with Crippen LogP contribution in [0.1, 0.15) is 29.9 Å². The number of pyridine rings is 1. The lowest BCUT2D eigenvalue weighted by molar-refractivity contribution is 0.0692. The molecule has 0 aliphatic rings. The summed E-state index contributed by atoms with van der Waals surface area (Å²) >= 11 is 0. The number of rotatable bonds is 3. The lowest BCUT2D eigenvalue weighted by Gasteiger charge is -2.04. The summed E-state index contributed by atoms with van der Waals surface area (Å²) < 4.78 is 6.68. The van der Waals surface area contributed by atoms with Crippen LogP contribution in [0, 0.1) is 6.92 Å². The Balaban J connectivity index is 0.000000924. The molecule has 3 aromatic rings. The topological polar surface area (TPSA) is 77.2 Å². The number of aromatic nitrogens is 3. The number of carbonyl (C=O) groups is 1. The third-order valence-electron chi connectivity index (χ3n) is 3.21. The van der Waals surface area contributed by atoms with Crippen LogP contribution in [-0.4, -0.2) is 33.0 Å². The van der Waals surface area contributed by atoms with E-state index in [1.54, 1.807) is 24.4 Å². The van der Waals surface area contributed by atoms with Gasteiger partial charge in [0, 0.05) is 11.6 Å². The molecule has 1 aromatic carbocycles. The minimum absolute atomic E-state index is 0.0211. The Morgan fingerprint density at radius 1 is 1.22 bits per heavy atom. The van der Waals surface area contributed by atoms with Gasteiger partial charge in [0.15, 0.2) is 11.5 Å². The summed E-state index contributed by atoms with van der Waals surface area (Å²) in [6.45, 7) is 5.94. The molecule has 6 nitrogen and oxygen atoms in total. The summed E-state index contributed by atoms with van der Waals surface area (Å²) in [5, 5.41) is 14.0. The summed E-state index contributed by atoms with van der Waals surface area (Å²) in [4.78, 5) is 15.6. The van der Waals surface area contributed by atoms with Gasteiger partial charge >= 0.3 is 5.97 Å². The van der Waals surface area contributed by atoms with Gasteiger partial charge in [0.1, 0.15) is 5.75 Å². The molecule has 2 aromatic heterocycles. The number of methoxy groups -OCH3 is 1. The molecular weight excluding hydrogens is 294 g/mol. The van der Waals surface area contributed by atoms with Crippen LogP contribution in [-0.2, 0) is 0 Å². The molecule has 23 heavy (non-hydrogen) atoms. The van der Waals surface area contributed by atoms with Gasteiger partial charge in [-0.05, 0) is 42.8 Å². The van der Waals surface area contributed by atoms with Gasteiger partial charge in [-0.15, -0.1) is 0 Å². The smallest absolute Gasteiger partial charge is 0.357 e. The highest BCUT2D eigenvalue weighted by molar-refractivity contribution is 6.02. The summed E-state index contributed by atoms with van der Waals surface area (Å²) in [7, 11) is 1.54. The van der Waals surface area contributed by atoms with Crippen molar-refractivity contribution in [1.82, 2.24) is 14.8 Å². The first-order valence-corrected chi connectivity index (χ1v) is 7.33. The Labute approximate surface area is 134 Å². The van der Waals surface area contributed by atoms with Gasteiger partial charge in [-0.25, -0.2) is 14.5 Å². The number of ether oxygens (including phenoxy) is 1. The predicted molar refractivity (Wildman–Crippen MR) is 88.5 cm³/mol. The first-order chi connectivity index (χ1) is 11.1. The largest absolute Gasteiger partial charge is 0.497 e. The maximum Gasteiger partial charge on any atom is 0.357 e. The summed E-state index contributed by atoms with van der Waals surface area (Å²) in [5.41, 5.74) is 1.67. The lowest BCUT2D eigenvalue weighted by atomic mass is 10.2. The summed E-state index contributed by atoms with van der Waals surface area (Å²) in [5.74, 6) is 0.0825. The zero-order chi connectivity index (χ0) is 17.0. The fourth-order valence-electron chi connectivity index (χ4n) is 2.19. The zero-order valence-electron chi connectivity index (χ0n) is 13.6. The van der Waals surface area contributed by atoms with E-state index in [0.717, 1.165) is 5.56 Å². The van der Waals surface area contributed by atoms with Crippen LogP contribution in [0.2, 0.25) is 0 Å². The number of nitrogens with zero attached hydrogens (tertiary/aromatic N) is 3. The molecule has 1 N–H and O–H groups in total. The van der Waals surface area contributed by atoms with Gasteiger partial charge in [-0.3, -0.25) is 0 Å². The van der Waals surface area contributed by atoms with Crippen molar-refractivity contribution in [1.29, 1.82) is 0 Å². The SMILES string of the molecule is CC.COc1ccc2c(c1)c(C(=O)O)nn2-c1cc(C)ccn1. The average Bonchev–Trinajstić information content (AvgIpc) is 2.95. The Morgan fingerprint density at radius 2 is 1.96 bits per heavy atom. The van der Waals surface area contributed by atoms with E-state index in [1.165, 1.54) is 11.8 Å². The first-order valence-electron chi connectivity index (χ1n) is 7.33. The lowest BCUT2D eigenvalue weighted by Crippen LogP contribution is -2.03. The van der Waals surface area contributed by atoms with Crippen molar-refractivity contribution in [3.05, 3.63) is 47.8 Å². The highest BCUT2D eigenvalue weighted by atomic mass is 16.5. The first kappa shape index (κ1) is 16.5. The molecule has 0 amide bonds. The van der Waals surface area contributed by atoms with Crippen LogP contribution in [0.3, 0.4) is 0 Å². The van der Waals surface area contributed by atoms with Crippen molar-refractivity contribution >= 4 is 16.9 Å².